The van der Waals surface area contributed by atoms with Crippen molar-refractivity contribution in [2.45, 2.75) is 38.5 Å². The minimum Gasteiger partial charge on any atom is -0.0772 e. The summed E-state index contributed by atoms with van der Waals surface area (Å²) in [6, 6.07) is 21.8. The lowest BCUT2D eigenvalue weighted by Gasteiger charge is -2.19. The fourth-order valence-corrected chi connectivity index (χ4v) is 3.27. The zero-order valence-electron chi connectivity index (χ0n) is 13.3. The molecule has 0 saturated carbocycles. The summed E-state index contributed by atoms with van der Waals surface area (Å²) in [5.74, 6) is 0.387. The predicted molar refractivity (Wildman–Crippen MR) is 95.0 cm³/mol. The molecule has 1 aliphatic carbocycles. The van der Waals surface area contributed by atoms with E-state index < -0.39 is 0 Å². The zero-order chi connectivity index (χ0) is 15.2. The van der Waals surface area contributed by atoms with Crippen molar-refractivity contribution in [1.82, 2.24) is 0 Å². The van der Waals surface area contributed by atoms with Gasteiger partial charge in [0.25, 0.3) is 0 Å². The van der Waals surface area contributed by atoms with Crippen LogP contribution in [-0.4, -0.2) is 0 Å². The summed E-state index contributed by atoms with van der Waals surface area (Å²) in [5.41, 5.74) is 5.84. The Kier molecular flexibility index (Phi) is 4.90. The van der Waals surface area contributed by atoms with Gasteiger partial charge in [-0.1, -0.05) is 97.3 Å². The Morgan fingerprint density at radius 1 is 0.864 bits per heavy atom. The number of allylic oxidation sites excluding steroid dienone is 4. The van der Waals surface area contributed by atoms with Gasteiger partial charge < -0.3 is 0 Å². The van der Waals surface area contributed by atoms with Crippen molar-refractivity contribution in [2.24, 2.45) is 0 Å². The Morgan fingerprint density at radius 2 is 1.45 bits per heavy atom. The number of hydrogen-bond acceptors (Lipinski definition) is 0. The van der Waals surface area contributed by atoms with E-state index in [1.54, 1.807) is 0 Å². The van der Waals surface area contributed by atoms with Gasteiger partial charge in [0.2, 0.25) is 0 Å². The first-order valence-electron chi connectivity index (χ1n) is 8.38. The van der Waals surface area contributed by atoms with Crippen LogP contribution in [0.2, 0.25) is 0 Å². The van der Waals surface area contributed by atoms with E-state index >= 15 is 0 Å². The van der Waals surface area contributed by atoms with Gasteiger partial charge in [-0.05, 0) is 30.4 Å². The van der Waals surface area contributed by atoms with Crippen molar-refractivity contribution < 1.29 is 0 Å². The molecule has 0 N–H and O–H groups in total. The quantitative estimate of drug-likeness (QED) is 0.588. The van der Waals surface area contributed by atoms with Crippen molar-refractivity contribution in [2.75, 3.05) is 0 Å². The van der Waals surface area contributed by atoms with Crippen molar-refractivity contribution in [3.63, 3.8) is 0 Å². The number of benzene rings is 2. The second kappa shape index (κ2) is 7.26. The zero-order valence-corrected chi connectivity index (χ0v) is 13.3. The van der Waals surface area contributed by atoms with Crippen LogP contribution in [0.5, 0.6) is 0 Å². The van der Waals surface area contributed by atoms with Crippen molar-refractivity contribution in [3.8, 4) is 0 Å². The van der Waals surface area contributed by atoms with Gasteiger partial charge in [0, 0.05) is 5.92 Å². The highest BCUT2D eigenvalue weighted by Crippen LogP contribution is 2.37. The van der Waals surface area contributed by atoms with E-state index in [-0.39, 0.29) is 0 Å². The SMILES string of the molecule is CCCCC1=CCC(C(c2ccccc2)c2ccccc2)=C1. The lowest BCUT2D eigenvalue weighted by atomic mass is 9.84. The molecule has 0 amide bonds. The molecule has 0 radical (unpaired) electrons. The average molecular weight is 288 g/mol. The molecular formula is C22H24. The van der Waals surface area contributed by atoms with E-state index in [0.717, 1.165) is 6.42 Å². The van der Waals surface area contributed by atoms with E-state index in [4.69, 9.17) is 0 Å². The molecule has 0 bridgehead atoms. The van der Waals surface area contributed by atoms with E-state index in [1.165, 1.54) is 41.5 Å². The van der Waals surface area contributed by atoms with Gasteiger partial charge in [-0.15, -0.1) is 0 Å². The monoisotopic (exact) mass is 288 g/mol. The van der Waals surface area contributed by atoms with Gasteiger partial charge in [-0.25, -0.2) is 0 Å². The fraction of sp³-hybridized carbons (Fsp3) is 0.273. The molecule has 1 aliphatic rings. The minimum absolute atomic E-state index is 0.387. The molecule has 0 aliphatic heterocycles. The molecule has 0 atom stereocenters. The molecule has 0 heterocycles. The van der Waals surface area contributed by atoms with Crippen LogP contribution >= 0.6 is 0 Å². The Bertz CT molecular complexity index is 607. The molecule has 0 unspecified atom stereocenters. The second-order valence-electron chi connectivity index (χ2n) is 6.06. The number of rotatable bonds is 6. The first-order valence-corrected chi connectivity index (χ1v) is 8.38. The van der Waals surface area contributed by atoms with E-state index in [9.17, 15) is 0 Å². The van der Waals surface area contributed by atoms with E-state index in [0.29, 0.717) is 5.92 Å². The number of hydrogen-bond donors (Lipinski definition) is 0. The van der Waals surface area contributed by atoms with Crippen molar-refractivity contribution in [1.29, 1.82) is 0 Å². The van der Waals surface area contributed by atoms with Gasteiger partial charge in [0.05, 0.1) is 0 Å². The largest absolute Gasteiger partial charge is 0.0772 e. The Labute approximate surface area is 134 Å². The minimum atomic E-state index is 0.387. The Morgan fingerprint density at radius 3 is 2.00 bits per heavy atom. The van der Waals surface area contributed by atoms with Gasteiger partial charge in [0.15, 0.2) is 0 Å². The standard InChI is InChI=1S/C22H24/c1-2-3-10-18-15-16-21(17-18)22(19-11-6-4-7-12-19)20-13-8-5-9-14-20/h4-9,11-15,17,22H,2-3,10,16H2,1H3. The van der Waals surface area contributed by atoms with Crippen LogP contribution in [0.4, 0.5) is 0 Å². The number of unbranched alkanes of at least 4 members (excludes halogenated alkanes) is 1. The highest BCUT2D eigenvalue weighted by molar-refractivity contribution is 5.46. The topological polar surface area (TPSA) is 0 Å². The maximum atomic E-state index is 2.44. The first kappa shape index (κ1) is 14.8. The summed E-state index contributed by atoms with van der Waals surface area (Å²) in [7, 11) is 0. The van der Waals surface area contributed by atoms with Gasteiger partial charge >= 0.3 is 0 Å². The smallest absolute Gasteiger partial charge is 0.0305 e. The normalized spacial score (nSPS) is 14.1. The summed E-state index contributed by atoms with van der Waals surface area (Å²) in [6.45, 7) is 2.26. The third-order valence-electron chi connectivity index (χ3n) is 4.43. The van der Waals surface area contributed by atoms with E-state index in [2.05, 4.69) is 79.7 Å². The van der Waals surface area contributed by atoms with Gasteiger partial charge in [-0.3, -0.25) is 0 Å². The molecule has 0 spiro atoms. The average Bonchev–Trinajstić information content (AvgIpc) is 3.04. The summed E-state index contributed by atoms with van der Waals surface area (Å²) >= 11 is 0. The molecule has 0 nitrogen and oxygen atoms in total. The first-order chi connectivity index (χ1) is 10.9. The molecule has 2 aromatic carbocycles. The third-order valence-corrected chi connectivity index (χ3v) is 4.43. The predicted octanol–water partition coefficient (Wildman–Crippen LogP) is 6.27. The highest BCUT2D eigenvalue weighted by Gasteiger charge is 2.20. The molecule has 0 heteroatoms. The summed E-state index contributed by atoms with van der Waals surface area (Å²) in [4.78, 5) is 0. The van der Waals surface area contributed by atoms with Crippen LogP contribution in [0, 0.1) is 0 Å². The van der Waals surface area contributed by atoms with Crippen molar-refractivity contribution in [3.05, 3.63) is 95.1 Å². The molecule has 2 aromatic rings. The van der Waals surface area contributed by atoms with Crippen LogP contribution in [0.25, 0.3) is 0 Å². The second-order valence-corrected chi connectivity index (χ2v) is 6.06. The summed E-state index contributed by atoms with van der Waals surface area (Å²) < 4.78 is 0. The lowest BCUT2D eigenvalue weighted by Crippen LogP contribution is -2.03. The van der Waals surface area contributed by atoms with Crippen LogP contribution in [0.3, 0.4) is 0 Å². The van der Waals surface area contributed by atoms with Crippen molar-refractivity contribution >= 4 is 0 Å². The summed E-state index contributed by atoms with van der Waals surface area (Å²) in [6.07, 6.45) is 9.73. The van der Waals surface area contributed by atoms with Crippen LogP contribution in [-0.2, 0) is 0 Å². The molecule has 0 aromatic heterocycles. The highest BCUT2D eigenvalue weighted by atomic mass is 14.2. The maximum Gasteiger partial charge on any atom is 0.0305 e. The summed E-state index contributed by atoms with van der Waals surface area (Å²) in [5, 5.41) is 0. The fourth-order valence-electron chi connectivity index (χ4n) is 3.27. The molecule has 0 fully saturated rings. The van der Waals surface area contributed by atoms with Gasteiger partial charge in [0.1, 0.15) is 0 Å². The lowest BCUT2D eigenvalue weighted by molar-refractivity contribution is 0.798. The third kappa shape index (κ3) is 3.39. The Balaban J connectivity index is 1.91. The van der Waals surface area contributed by atoms with Crippen LogP contribution in [0.15, 0.2) is 84.0 Å². The molecule has 3 rings (SSSR count). The molecular weight excluding hydrogens is 264 g/mol. The Hall–Kier alpha value is -2.08. The maximum absolute atomic E-state index is 2.44. The van der Waals surface area contributed by atoms with Gasteiger partial charge in [-0.2, -0.15) is 0 Å². The molecule has 112 valence electrons. The van der Waals surface area contributed by atoms with Crippen LogP contribution in [0.1, 0.15) is 49.7 Å². The van der Waals surface area contributed by atoms with Crippen LogP contribution < -0.4 is 0 Å². The molecule has 0 saturated heterocycles. The van der Waals surface area contributed by atoms with E-state index in [1.807, 2.05) is 0 Å². The molecule has 22 heavy (non-hydrogen) atoms.